The molecule has 0 aromatic heterocycles. The molecule has 1 aromatic rings. The number of nitrogens with two attached hydrogens (primary N) is 1. The van der Waals surface area contributed by atoms with Gasteiger partial charge in [0, 0.05) is 6.04 Å². The average molecular weight is 257 g/mol. The van der Waals surface area contributed by atoms with Crippen LogP contribution >= 0.6 is 7.60 Å². The molecule has 0 aliphatic rings. The van der Waals surface area contributed by atoms with Crippen LogP contribution in [0.1, 0.15) is 25.5 Å². The van der Waals surface area contributed by atoms with Crippen molar-refractivity contribution in [2.75, 3.05) is 19.4 Å². The van der Waals surface area contributed by atoms with Crippen molar-refractivity contribution in [3.05, 3.63) is 35.9 Å². The summed E-state index contributed by atoms with van der Waals surface area (Å²) >= 11 is 0. The van der Waals surface area contributed by atoms with Crippen molar-refractivity contribution >= 4 is 7.60 Å². The van der Waals surface area contributed by atoms with E-state index in [4.69, 9.17) is 14.8 Å². The molecule has 96 valence electrons. The highest BCUT2D eigenvalue weighted by Crippen LogP contribution is 2.50. The molecule has 0 aliphatic heterocycles. The summed E-state index contributed by atoms with van der Waals surface area (Å²) in [7, 11) is -3.07. The Labute approximate surface area is 103 Å². The van der Waals surface area contributed by atoms with Crippen LogP contribution in [0.3, 0.4) is 0 Å². The highest BCUT2D eigenvalue weighted by Gasteiger charge is 2.27. The maximum Gasteiger partial charge on any atom is 0.332 e. The van der Waals surface area contributed by atoms with Crippen molar-refractivity contribution < 1.29 is 13.6 Å². The zero-order valence-corrected chi connectivity index (χ0v) is 11.2. The van der Waals surface area contributed by atoms with E-state index in [1.807, 2.05) is 30.3 Å². The minimum Gasteiger partial charge on any atom is -0.323 e. The van der Waals surface area contributed by atoms with E-state index in [1.165, 1.54) is 0 Å². The molecule has 0 radical (unpaired) electrons. The molecule has 4 nitrogen and oxygen atoms in total. The van der Waals surface area contributed by atoms with E-state index < -0.39 is 7.60 Å². The van der Waals surface area contributed by atoms with Gasteiger partial charge in [0.05, 0.1) is 19.4 Å². The van der Waals surface area contributed by atoms with Gasteiger partial charge in [-0.15, -0.1) is 0 Å². The average Bonchev–Trinajstić information content (AvgIpc) is 2.30. The molecule has 0 spiro atoms. The van der Waals surface area contributed by atoms with Gasteiger partial charge in [0.2, 0.25) is 0 Å². The molecule has 1 unspecified atom stereocenters. The van der Waals surface area contributed by atoms with Crippen LogP contribution in [-0.2, 0) is 13.6 Å². The van der Waals surface area contributed by atoms with Crippen molar-refractivity contribution in [3.8, 4) is 0 Å². The Bertz CT molecular complexity index is 359. The first-order valence-corrected chi connectivity index (χ1v) is 7.52. The van der Waals surface area contributed by atoms with Crippen LogP contribution in [0, 0.1) is 0 Å². The van der Waals surface area contributed by atoms with Crippen molar-refractivity contribution in [1.82, 2.24) is 0 Å². The Morgan fingerprint density at radius 1 is 1.18 bits per heavy atom. The summed E-state index contributed by atoms with van der Waals surface area (Å²) < 4.78 is 22.7. The van der Waals surface area contributed by atoms with Gasteiger partial charge < -0.3 is 14.8 Å². The molecule has 1 rings (SSSR count). The van der Waals surface area contributed by atoms with Crippen molar-refractivity contribution in [3.63, 3.8) is 0 Å². The zero-order valence-electron chi connectivity index (χ0n) is 10.3. The fourth-order valence-electron chi connectivity index (χ4n) is 1.58. The topological polar surface area (TPSA) is 61.5 Å². The molecular weight excluding hydrogens is 237 g/mol. The first-order chi connectivity index (χ1) is 8.11. The molecule has 0 heterocycles. The van der Waals surface area contributed by atoms with Crippen LogP contribution in [0.2, 0.25) is 0 Å². The van der Waals surface area contributed by atoms with Gasteiger partial charge in [-0.2, -0.15) is 0 Å². The van der Waals surface area contributed by atoms with E-state index in [9.17, 15) is 4.57 Å². The Morgan fingerprint density at radius 3 is 2.18 bits per heavy atom. The van der Waals surface area contributed by atoms with E-state index in [2.05, 4.69) is 0 Å². The Balaban J connectivity index is 2.71. The first kappa shape index (κ1) is 14.4. The predicted octanol–water partition coefficient (Wildman–Crippen LogP) is 2.95. The van der Waals surface area contributed by atoms with Gasteiger partial charge in [0.15, 0.2) is 0 Å². The third kappa shape index (κ3) is 4.60. The molecule has 0 saturated carbocycles. The molecule has 5 heteroatoms. The van der Waals surface area contributed by atoms with E-state index in [0.29, 0.717) is 13.2 Å². The highest BCUT2D eigenvalue weighted by atomic mass is 31.2. The summed E-state index contributed by atoms with van der Waals surface area (Å²) in [5, 5.41) is 0. The smallest absolute Gasteiger partial charge is 0.323 e. The van der Waals surface area contributed by atoms with Gasteiger partial charge in [-0.25, -0.2) is 0 Å². The molecule has 0 aliphatic carbocycles. The first-order valence-electron chi connectivity index (χ1n) is 5.80. The third-order valence-corrected chi connectivity index (χ3v) is 4.44. The van der Waals surface area contributed by atoms with E-state index in [-0.39, 0.29) is 12.2 Å². The fourth-order valence-corrected chi connectivity index (χ4v) is 3.35. The van der Waals surface area contributed by atoms with E-state index in [1.54, 1.807) is 13.8 Å². The summed E-state index contributed by atoms with van der Waals surface area (Å²) in [5.74, 6) is 0. The minimum atomic E-state index is -3.07. The second-order valence-electron chi connectivity index (χ2n) is 3.65. The summed E-state index contributed by atoms with van der Waals surface area (Å²) in [6.07, 6.45) is 0.207. The molecule has 2 N–H and O–H groups in total. The van der Waals surface area contributed by atoms with Crippen LogP contribution in [0.4, 0.5) is 0 Å². The lowest BCUT2D eigenvalue weighted by molar-refractivity contribution is 0.218. The van der Waals surface area contributed by atoms with Gasteiger partial charge in [0.1, 0.15) is 0 Å². The summed E-state index contributed by atoms with van der Waals surface area (Å²) in [6, 6.07) is 9.21. The minimum absolute atomic E-state index is 0.207. The number of rotatable bonds is 7. The van der Waals surface area contributed by atoms with Crippen LogP contribution < -0.4 is 5.73 Å². The predicted molar refractivity (Wildman–Crippen MR) is 69.1 cm³/mol. The third-order valence-electron chi connectivity index (χ3n) is 2.30. The quantitative estimate of drug-likeness (QED) is 0.763. The Kier molecular flexibility index (Phi) is 5.86. The van der Waals surface area contributed by atoms with Crippen molar-refractivity contribution in [2.45, 2.75) is 19.9 Å². The second kappa shape index (κ2) is 6.92. The number of hydrogen-bond donors (Lipinski definition) is 1. The second-order valence-corrected chi connectivity index (χ2v) is 5.75. The maximum absolute atomic E-state index is 12.3. The Morgan fingerprint density at radius 2 is 1.71 bits per heavy atom. The van der Waals surface area contributed by atoms with Gasteiger partial charge >= 0.3 is 7.60 Å². The molecule has 17 heavy (non-hydrogen) atoms. The van der Waals surface area contributed by atoms with Crippen molar-refractivity contribution in [2.24, 2.45) is 5.73 Å². The summed E-state index contributed by atoms with van der Waals surface area (Å²) in [4.78, 5) is 0. The lowest BCUT2D eigenvalue weighted by Crippen LogP contribution is -2.17. The summed E-state index contributed by atoms with van der Waals surface area (Å²) in [5.41, 5.74) is 6.95. The SMILES string of the molecule is CCOP(=O)(CC(N)c1ccccc1)OCC. The Hall–Kier alpha value is -0.670. The highest BCUT2D eigenvalue weighted by molar-refractivity contribution is 7.53. The molecule has 0 saturated heterocycles. The van der Waals surface area contributed by atoms with Crippen LogP contribution in [-0.4, -0.2) is 19.4 Å². The maximum atomic E-state index is 12.3. The molecule has 1 aromatic carbocycles. The largest absolute Gasteiger partial charge is 0.332 e. The molecule has 0 fully saturated rings. The standard InChI is InChI=1S/C12H20NO3P/c1-3-15-17(14,16-4-2)10-12(13)11-8-6-5-7-9-11/h5-9,12H,3-4,10,13H2,1-2H3. The van der Waals surface area contributed by atoms with Gasteiger partial charge in [0.25, 0.3) is 0 Å². The molecular formula is C12H20NO3P. The van der Waals surface area contributed by atoms with Gasteiger partial charge in [-0.05, 0) is 19.4 Å². The summed E-state index contributed by atoms with van der Waals surface area (Å²) in [6.45, 7) is 4.30. The van der Waals surface area contributed by atoms with Gasteiger partial charge in [-0.1, -0.05) is 30.3 Å². The monoisotopic (exact) mass is 257 g/mol. The van der Waals surface area contributed by atoms with Crippen LogP contribution in [0.25, 0.3) is 0 Å². The number of benzene rings is 1. The zero-order chi connectivity index (χ0) is 12.7. The van der Waals surface area contributed by atoms with Gasteiger partial charge in [-0.3, -0.25) is 4.57 Å². The number of hydrogen-bond acceptors (Lipinski definition) is 4. The van der Waals surface area contributed by atoms with E-state index in [0.717, 1.165) is 5.56 Å². The van der Waals surface area contributed by atoms with Crippen molar-refractivity contribution in [1.29, 1.82) is 0 Å². The molecule has 0 amide bonds. The van der Waals surface area contributed by atoms with E-state index >= 15 is 0 Å². The fraction of sp³-hybridized carbons (Fsp3) is 0.500. The van der Waals surface area contributed by atoms with Crippen LogP contribution in [0.5, 0.6) is 0 Å². The molecule has 0 bridgehead atoms. The van der Waals surface area contributed by atoms with Crippen LogP contribution in [0.15, 0.2) is 30.3 Å². The lowest BCUT2D eigenvalue weighted by Gasteiger charge is -2.20. The lowest BCUT2D eigenvalue weighted by atomic mass is 10.1. The molecule has 1 atom stereocenters. The normalized spacial score (nSPS) is 13.6.